The van der Waals surface area contributed by atoms with Gasteiger partial charge >= 0.3 is 0 Å². The molecule has 0 unspecified atom stereocenters. The number of para-hydroxylation sites is 1. The first-order valence-electron chi connectivity index (χ1n) is 11.9. The molecule has 2 heterocycles. The minimum absolute atomic E-state index is 0.224. The van der Waals surface area contributed by atoms with Gasteiger partial charge in [-0.2, -0.15) is 4.98 Å². The molecule has 3 saturated carbocycles. The van der Waals surface area contributed by atoms with Gasteiger partial charge in [0.25, 0.3) is 0 Å². The van der Waals surface area contributed by atoms with E-state index in [1.165, 1.54) is 31.7 Å². The Balaban J connectivity index is 1.42. The van der Waals surface area contributed by atoms with Crippen molar-refractivity contribution >= 4 is 16.7 Å². The minimum Gasteiger partial charge on any atom is -0.439 e. The summed E-state index contributed by atoms with van der Waals surface area (Å²) in [5, 5.41) is 4.07. The fourth-order valence-electron chi connectivity index (χ4n) is 5.79. The van der Waals surface area contributed by atoms with Gasteiger partial charge < -0.3 is 15.0 Å². The molecule has 34 heavy (non-hydrogen) atoms. The van der Waals surface area contributed by atoms with E-state index in [4.69, 9.17) is 9.72 Å². The zero-order valence-electron chi connectivity index (χ0n) is 18.9. The van der Waals surface area contributed by atoms with Gasteiger partial charge in [-0.15, -0.1) is 0 Å². The molecule has 5 nitrogen and oxygen atoms in total. The smallest absolute Gasteiger partial charge is 0.224 e. The summed E-state index contributed by atoms with van der Waals surface area (Å²) in [6.07, 6.45) is 6.68. The summed E-state index contributed by atoms with van der Waals surface area (Å²) in [6, 6.07) is 13.7. The number of ether oxygens (including phenoxy) is 1. The van der Waals surface area contributed by atoms with Crippen molar-refractivity contribution in [2.24, 2.45) is 17.8 Å². The lowest BCUT2D eigenvalue weighted by atomic mass is 9.62. The van der Waals surface area contributed by atoms with Gasteiger partial charge in [0.05, 0.1) is 5.52 Å². The Hall–Kier alpha value is -3.48. The third kappa shape index (κ3) is 3.79. The number of fused-ring (bicyclic) bond motifs is 4. The highest BCUT2D eigenvalue weighted by Gasteiger charge is 2.41. The second-order valence-electron chi connectivity index (χ2n) is 9.55. The van der Waals surface area contributed by atoms with Crippen LogP contribution >= 0.6 is 0 Å². The Morgan fingerprint density at radius 3 is 2.50 bits per heavy atom. The van der Waals surface area contributed by atoms with Crippen molar-refractivity contribution in [3.05, 3.63) is 66.4 Å². The normalized spacial score (nSPS) is 23.9. The van der Waals surface area contributed by atoms with E-state index < -0.39 is 11.6 Å². The van der Waals surface area contributed by atoms with Gasteiger partial charge in [-0.1, -0.05) is 25.1 Å². The number of rotatable bonds is 5. The van der Waals surface area contributed by atoms with E-state index in [0.717, 1.165) is 12.0 Å². The fourth-order valence-corrected chi connectivity index (χ4v) is 5.79. The Morgan fingerprint density at radius 2 is 1.74 bits per heavy atom. The van der Waals surface area contributed by atoms with Crippen LogP contribution < -0.4 is 10.1 Å². The lowest BCUT2D eigenvalue weighted by molar-refractivity contribution is 0.0928. The van der Waals surface area contributed by atoms with Crippen LogP contribution in [0.1, 0.15) is 32.6 Å². The number of halogens is 2. The summed E-state index contributed by atoms with van der Waals surface area (Å²) in [6.45, 7) is 2.32. The molecule has 2 atom stereocenters. The number of H-pyrrole nitrogens is 1. The summed E-state index contributed by atoms with van der Waals surface area (Å²) < 4.78 is 34.4. The number of aromatic nitrogens is 3. The molecular formula is C27H26F2N4O. The Kier molecular flexibility index (Phi) is 5.20. The van der Waals surface area contributed by atoms with Crippen molar-refractivity contribution in [3.63, 3.8) is 0 Å². The largest absolute Gasteiger partial charge is 0.439 e. The van der Waals surface area contributed by atoms with Crippen LogP contribution in [0.2, 0.25) is 0 Å². The first-order valence-corrected chi connectivity index (χ1v) is 11.9. The van der Waals surface area contributed by atoms with Crippen molar-refractivity contribution in [1.82, 2.24) is 15.0 Å². The molecule has 0 spiro atoms. The quantitative estimate of drug-likeness (QED) is 0.339. The van der Waals surface area contributed by atoms with Gasteiger partial charge in [-0.05, 0) is 61.6 Å². The molecule has 0 amide bonds. The van der Waals surface area contributed by atoms with Gasteiger partial charge in [0.1, 0.15) is 23.2 Å². The molecular weight excluding hydrogens is 434 g/mol. The van der Waals surface area contributed by atoms with E-state index in [1.807, 2.05) is 36.4 Å². The summed E-state index contributed by atoms with van der Waals surface area (Å²) in [7, 11) is 0. The zero-order valence-corrected chi connectivity index (χ0v) is 18.9. The fraction of sp³-hybridized carbons (Fsp3) is 0.333. The maximum absolute atomic E-state index is 14.3. The molecule has 3 aliphatic carbocycles. The molecule has 174 valence electrons. The Bertz CT molecular complexity index is 1330. The number of nitrogens with zero attached hydrogens (tertiary/aromatic N) is 2. The molecule has 7 heteroatoms. The molecule has 2 bridgehead atoms. The van der Waals surface area contributed by atoms with E-state index in [2.05, 4.69) is 22.2 Å². The lowest BCUT2D eigenvalue weighted by Crippen LogP contribution is -2.47. The first-order chi connectivity index (χ1) is 16.5. The van der Waals surface area contributed by atoms with Crippen LogP contribution in [0, 0.1) is 29.4 Å². The van der Waals surface area contributed by atoms with Crippen LogP contribution in [0.3, 0.4) is 0 Å². The number of aromatic amines is 1. The first kappa shape index (κ1) is 21.1. The van der Waals surface area contributed by atoms with E-state index in [0.29, 0.717) is 52.1 Å². The van der Waals surface area contributed by atoms with E-state index >= 15 is 0 Å². The van der Waals surface area contributed by atoms with Gasteiger partial charge in [-0.3, -0.25) is 0 Å². The molecule has 3 aliphatic rings. The van der Waals surface area contributed by atoms with Crippen LogP contribution in [0.5, 0.6) is 11.6 Å². The van der Waals surface area contributed by atoms with Crippen LogP contribution in [-0.4, -0.2) is 21.0 Å². The molecule has 3 fully saturated rings. The number of benzene rings is 2. The molecule has 0 radical (unpaired) electrons. The standard InChI is InChI=1S/C27H26F2N4O/c1-15-16-7-9-17(10-8-16)25(15)31-23-13-24(34-19-5-3-2-4-6-19)33-27(32-23)21-14-30-26-20(21)11-18(28)12-22(26)29/h2-6,11-17,25,30H,7-10H2,1H3,(H,31,32,33)/t15-,16?,17?,25+/m0/s1. The van der Waals surface area contributed by atoms with Crippen molar-refractivity contribution < 1.29 is 13.5 Å². The molecule has 2 N–H and O–H groups in total. The molecule has 0 saturated heterocycles. The van der Waals surface area contributed by atoms with Crippen molar-refractivity contribution in [3.8, 4) is 23.0 Å². The maximum atomic E-state index is 14.3. The van der Waals surface area contributed by atoms with E-state index in [-0.39, 0.29) is 5.52 Å². The van der Waals surface area contributed by atoms with Gasteiger partial charge in [0.15, 0.2) is 5.82 Å². The SMILES string of the molecule is C[C@H]1C2CCC(CC2)[C@@H]1Nc1cc(Oc2ccccc2)nc(-c2c[nH]c3c(F)cc(F)cc23)n1. The van der Waals surface area contributed by atoms with E-state index in [9.17, 15) is 8.78 Å². The monoisotopic (exact) mass is 460 g/mol. The van der Waals surface area contributed by atoms with Gasteiger partial charge in [0, 0.05) is 35.3 Å². The average Bonchev–Trinajstić information content (AvgIpc) is 3.26. The molecule has 4 aromatic rings. The number of hydrogen-bond donors (Lipinski definition) is 2. The zero-order chi connectivity index (χ0) is 23.2. The van der Waals surface area contributed by atoms with Gasteiger partial charge in [-0.25, -0.2) is 13.8 Å². The second-order valence-corrected chi connectivity index (χ2v) is 9.55. The van der Waals surface area contributed by atoms with Crippen molar-refractivity contribution in [2.75, 3.05) is 5.32 Å². The molecule has 7 rings (SSSR count). The topological polar surface area (TPSA) is 62.8 Å². The van der Waals surface area contributed by atoms with Crippen LogP contribution in [0.4, 0.5) is 14.6 Å². The number of hydrogen-bond acceptors (Lipinski definition) is 4. The summed E-state index contributed by atoms with van der Waals surface area (Å²) >= 11 is 0. The lowest BCUT2D eigenvalue weighted by Gasteiger charge is -2.47. The van der Waals surface area contributed by atoms with E-state index in [1.54, 1.807) is 6.20 Å². The van der Waals surface area contributed by atoms with Crippen molar-refractivity contribution in [1.29, 1.82) is 0 Å². The number of nitrogens with one attached hydrogen (secondary N) is 2. The predicted molar refractivity (Wildman–Crippen MR) is 128 cm³/mol. The molecule has 2 aromatic carbocycles. The van der Waals surface area contributed by atoms with Crippen molar-refractivity contribution in [2.45, 2.75) is 38.6 Å². The highest BCUT2D eigenvalue weighted by atomic mass is 19.1. The van der Waals surface area contributed by atoms with Crippen LogP contribution in [0.15, 0.2) is 54.7 Å². The minimum atomic E-state index is -0.650. The highest BCUT2D eigenvalue weighted by Crippen LogP contribution is 2.46. The molecule has 0 aliphatic heterocycles. The van der Waals surface area contributed by atoms with Gasteiger partial charge in [0.2, 0.25) is 5.88 Å². The summed E-state index contributed by atoms with van der Waals surface area (Å²) in [5.41, 5.74) is 0.746. The number of anilines is 1. The predicted octanol–water partition coefficient (Wildman–Crippen LogP) is 6.93. The highest BCUT2D eigenvalue weighted by molar-refractivity contribution is 5.94. The second kappa shape index (κ2) is 8.38. The Morgan fingerprint density at radius 1 is 0.971 bits per heavy atom. The van der Waals surface area contributed by atoms with Crippen LogP contribution in [-0.2, 0) is 0 Å². The van der Waals surface area contributed by atoms with Crippen LogP contribution in [0.25, 0.3) is 22.3 Å². The summed E-state index contributed by atoms with van der Waals surface area (Å²) in [5.74, 6) is 2.65. The summed E-state index contributed by atoms with van der Waals surface area (Å²) in [4.78, 5) is 12.3. The maximum Gasteiger partial charge on any atom is 0.224 e. The molecule has 2 aromatic heterocycles. The third-order valence-corrected chi connectivity index (χ3v) is 7.56. The average molecular weight is 461 g/mol. The third-order valence-electron chi connectivity index (χ3n) is 7.56. The Labute approximate surface area is 196 Å².